The minimum atomic E-state index is -3.81. The summed E-state index contributed by atoms with van der Waals surface area (Å²) in [6.07, 6.45) is 14.4. The molecule has 6 nitrogen and oxygen atoms in total. The fourth-order valence-electron chi connectivity index (χ4n) is 1.56. The largest absolute Gasteiger partial charge is 0.325 e. The molecule has 11 heteroatoms. The Morgan fingerprint density at radius 1 is 0.522 bits per heavy atom. The maximum absolute atomic E-state index is 7.56. The SMILES string of the molecule is CCCCCCCCCCCC.OP(O)(O)=S.OP(O)(O)=S.[Mo]. The average molecular weight is 494 g/mol. The van der Waals surface area contributed by atoms with E-state index in [1.54, 1.807) is 0 Å². The van der Waals surface area contributed by atoms with E-state index >= 15 is 0 Å². The number of unbranched alkanes of at least 4 members (excludes halogenated alkanes) is 9. The molecule has 6 N–H and O–H groups in total. The first-order chi connectivity index (χ1) is 9.91. The maximum Gasteiger partial charge on any atom is 0.319 e. The molecule has 0 aliphatic rings. The number of hydrogen-bond donors (Lipinski definition) is 6. The molecule has 0 bridgehead atoms. The van der Waals surface area contributed by atoms with Crippen LogP contribution in [0.25, 0.3) is 0 Å². The van der Waals surface area contributed by atoms with Crippen molar-refractivity contribution in [3.05, 3.63) is 0 Å². The molecule has 144 valence electrons. The molecule has 0 spiro atoms. The average Bonchev–Trinajstić information content (AvgIpc) is 2.28. The van der Waals surface area contributed by atoms with Crippen LogP contribution in [0.1, 0.15) is 78.1 Å². The molecular formula is C12H32MoO6P2S2. The quantitative estimate of drug-likeness (QED) is 0.164. The van der Waals surface area contributed by atoms with Crippen molar-refractivity contribution in [2.75, 3.05) is 0 Å². The number of hydrogen-bond acceptors (Lipinski definition) is 2. The second-order valence-corrected chi connectivity index (χ2v) is 9.85. The Balaban J connectivity index is -0.000000137. The Hall–Kier alpha value is 1.75. The van der Waals surface area contributed by atoms with Crippen LogP contribution >= 0.6 is 13.4 Å². The van der Waals surface area contributed by atoms with Gasteiger partial charge in [0.2, 0.25) is 0 Å². The smallest absolute Gasteiger partial charge is 0.319 e. The monoisotopic (exact) mass is 496 g/mol. The van der Waals surface area contributed by atoms with Gasteiger partial charge >= 0.3 is 13.4 Å². The fraction of sp³-hybridized carbons (Fsp3) is 1.00. The van der Waals surface area contributed by atoms with Gasteiger partial charge in [-0.2, -0.15) is 0 Å². The molecule has 0 aromatic heterocycles. The predicted molar refractivity (Wildman–Crippen MR) is 99.4 cm³/mol. The molecule has 0 amide bonds. The van der Waals surface area contributed by atoms with Gasteiger partial charge in [-0.3, -0.25) is 0 Å². The van der Waals surface area contributed by atoms with Crippen LogP contribution in [-0.2, 0) is 44.7 Å². The van der Waals surface area contributed by atoms with Gasteiger partial charge in [-0.25, -0.2) is 0 Å². The molecule has 0 atom stereocenters. The molecule has 0 aliphatic carbocycles. The van der Waals surface area contributed by atoms with Gasteiger partial charge in [0.1, 0.15) is 0 Å². The topological polar surface area (TPSA) is 121 Å². The van der Waals surface area contributed by atoms with Crippen molar-refractivity contribution in [2.45, 2.75) is 78.1 Å². The predicted octanol–water partition coefficient (Wildman–Crippen LogP) is 3.30. The van der Waals surface area contributed by atoms with Gasteiger partial charge in [-0.05, 0) is 23.6 Å². The molecule has 0 unspecified atom stereocenters. The molecule has 0 heterocycles. The van der Waals surface area contributed by atoms with Crippen LogP contribution in [0.2, 0.25) is 0 Å². The van der Waals surface area contributed by atoms with Crippen molar-refractivity contribution in [3.8, 4) is 0 Å². The second-order valence-electron chi connectivity index (χ2n) is 4.85. The summed E-state index contributed by atoms with van der Waals surface area (Å²) >= 11 is 7.21. The molecular weight excluding hydrogens is 462 g/mol. The number of rotatable bonds is 9. The van der Waals surface area contributed by atoms with Gasteiger partial charge in [0.05, 0.1) is 0 Å². The summed E-state index contributed by atoms with van der Waals surface area (Å²) in [7, 11) is 0. The van der Waals surface area contributed by atoms with E-state index in [0.29, 0.717) is 0 Å². The summed E-state index contributed by atoms with van der Waals surface area (Å²) < 4.78 is 0. The van der Waals surface area contributed by atoms with Gasteiger partial charge in [0.25, 0.3) is 0 Å². The van der Waals surface area contributed by atoms with Crippen molar-refractivity contribution in [1.29, 1.82) is 0 Å². The summed E-state index contributed by atoms with van der Waals surface area (Å²) in [4.78, 5) is 45.3. The summed E-state index contributed by atoms with van der Waals surface area (Å²) in [6, 6.07) is 0. The molecule has 0 aromatic carbocycles. The Labute approximate surface area is 165 Å². The van der Waals surface area contributed by atoms with Crippen LogP contribution in [0.3, 0.4) is 0 Å². The molecule has 23 heavy (non-hydrogen) atoms. The third kappa shape index (κ3) is 97.2. The summed E-state index contributed by atoms with van der Waals surface area (Å²) in [5.41, 5.74) is 0. The van der Waals surface area contributed by atoms with E-state index in [-0.39, 0.29) is 21.1 Å². The minimum absolute atomic E-state index is 0. The van der Waals surface area contributed by atoms with Crippen LogP contribution in [0.15, 0.2) is 0 Å². The standard InChI is InChI=1S/C12H26.Mo.2H3O3PS/c1-3-5-7-9-11-12-10-8-6-4-2;;2*1-4(2,3)5/h3-12H2,1-2H3;;2*(H3,1,2,3,5). The maximum atomic E-state index is 7.56. The Morgan fingerprint density at radius 2 is 0.652 bits per heavy atom. The second kappa shape index (κ2) is 21.8. The van der Waals surface area contributed by atoms with E-state index in [9.17, 15) is 0 Å². The van der Waals surface area contributed by atoms with E-state index in [2.05, 4.69) is 37.5 Å². The van der Waals surface area contributed by atoms with E-state index in [1.807, 2.05) is 0 Å². The third-order valence-electron chi connectivity index (χ3n) is 2.46. The molecule has 0 aliphatic heterocycles. The molecule has 0 saturated carbocycles. The van der Waals surface area contributed by atoms with Gasteiger partial charge < -0.3 is 29.4 Å². The van der Waals surface area contributed by atoms with Gasteiger partial charge in [0.15, 0.2) is 0 Å². The minimum Gasteiger partial charge on any atom is -0.325 e. The molecule has 0 fully saturated rings. The molecule has 0 saturated heterocycles. The molecule has 0 aromatic rings. The van der Waals surface area contributed by atoms with Crippen LogP contribution in [0.4, 0.5) is 0 Å². The Bertz CT molecular complexity index is 265. The Morgan fingerprint density at radius 3 is 0.783 bits per heavy atom. The van der Waals surface area contributed by atoms with Crippen molar-refractivity contribution in [1.82, 2.24) is 0 Å². The van der Waals surface area contributed by atoms with E-state index in [0.717, 1.165) is 0 Å². The van der Waals surface area contributed by atoms with Crippen molar-refractivity contribution < 1.29 is 50.4 Å². The van der Waals surface area contributed by atoms with Gasteiger partial charge in [-0.1, -0.05) is 78.1 Å². The van der Waals surface area contributed by atoms with Crippen LogP contribution in [-0.4, -0.2) is 29.4 Å². The first kappa shape index (κ1) is 32.4. The Kier molecular flexibility index (Phi) is 30.7. The zero-order chi connectivity index (χ0) is 18.1. The van der Waals surface area contributed by atoms with Crippen LogP contribution in [0, 0.1) is 0 Å². The van der Waals surface area contributed by atoms with Crippen molar-refractivity contribution in [2.24, 2.45) is 0 Å². The van der Waals surface area contributed by atoms with Gasteiger partial charge in [0, 0.05) is 21.1 Å². The van der Waals surface area contributed by atoms with Crippen LogP contribution < -0.4 is 0 Å². The van der Waals surface area contributed by atoms with E-state index in [4.69, 9.17) is 29.4 Å². The first-order valence-corrected chi connectivity index (χ1v) is 12.8. The van der Waals surface area contributed by atoms with Crippen molar-refractivity contribution in [3.63, 3.8) is 0 Å². The first-order valence-electron chi connectivity index (χ1n) is 7.48. The van der Waals surface area contributed by atoms with E-state index in [1.165, 1.54) is 64.2 Å². The fourth-order valence-corrected chi connectivity index (χ4v) is 1.56. The third-order valence-corrected chi connectivity index (χ3v) is 2.46. The van der Waals surface area contributed by atoms with Crippen LogP contribution in [0.5, 0.6) is 0 Å². The zero-order valence-corrected chi connectivity index (χ0v) is 19.3. The van der Waals surface area contributed by atoms with E-state index < -0.39 is 13.4 Å². The summed E-state index contributed by atoms with van der Waals surface area (Å²) in [6.45, 7) is -3.05. The molecule has 0 radical (unpaired) electrons. The van der Waals surface area contributed by atoms with Gasteiger partial charge in [-0.15, -0.1) is 0 Å². The zero-order valence-electron chi connectivity index (χ0n) is 13.9. The normalized spacial score (nSPS) is 10.6. The summed E-state index contributed by atoms with van der Waals surface area (Å²) in [5.74, 6) is 0. The summed E-state index contributed by atoms with van der Waals surface area (Å²) in [5, 5.41) is 0. The van der Waals surface area contributed by atoms with Crippen molar-refractivity contribution >= 4 is 37.1 Å². The molecule has 0 rings (SSSR count).